The molecule has 2 atom stereocenters. The van der Waals surface area contributed by atoms with Crippen LogP contribution in [-0.2, 0) is 11.2 Å². The molecule has 2 saturated carbocycles. The van der Waals surface area contributed by atoms with Crippen molar-refractivity contribution in [3.8, 4) is 0 Å². The van der Waals surface area contributed by atoms with Gasteiger partial charge in [-0.05, 0) is 47.0 Å². The number of nitrogens with zero attached hydrogens (tertiary/aromatic N) is 2. The Hall–Kier alpha value is -1.14. The Balaban J connectivity index is 1.56. The Morgan fingerprint density at radius 2 is 2.16 bits per heavy atom. The van der Waals surface area contributed by atoms with Gasteiger partial charge in [-0.3, -0.25) is 4.99 Å². The summed E-state index contributed by atoms with van der Waals surface area (Å²) in [6, 6.07) is 0.500. The molecule has 0 amide bonds. The predicted molar refractivity (Wildman–Crippen MR) is 105 cm³/mol. The molecule has 1 aromatic heterocycles. The van der Waals surface area contributed by atoms with Gasteiger partial charge in [-0.1, -0.05) is 6.42 Å². The molecule has 2 fully saturated rings. The number of nitrogens with one attached hydrogen (secondary N) is 2. The van der Waals surface area contributed by atoms with Crippen molar-refractivity contribution in [2.75, 3.05) is 19.7 Å². The van der Waals surface area contributed by atoms with Crippen LogP contribution < -0.4 is 10.6 Å². The van der Waals surface area contributed by atoms with E-state index in [-0.39, 0.29) is 0 Å². The van der Waals surface area contributed by atoms with Crippen LogP contribution >= 0.6 is 11.3 Å². The minimum Gasteiger partial charge on any atom is -0.378 e. The molecule has 1 aromatic rings. The van der Waals surface area contributed by atoms with Crippen LogP contribution in [0.15, 0.2) is 4.99 Å². The van der Waals surface area contributed by atoms with Gasteiger partial charge in [0.05, 0.1) is 16.8 Å². The summed E-state index contributed by atoms with van der Waals surface area (Å²) in [4.78, 5) is 10.7. The third-order valence-electron chi connectivity index (χ3n) is 5.76. The van der Waals surface area contributed by atoms with Crippen LogP contribution in [0.5, 0.6) is 0 Å². The van der Waals surface area contributed by atoms with Crippen LogP contribution in [0.1, 0.15) is 55.1 Å². The fourth-order valence-corrected chi connectivity index (χ4v) is 4.96. The number of ether oxygens (including phenoxy) is 1. The number of hydrogen-bond acceptors (Lipinski definition) is 4. The molecule has 2 aliphatic carbocycles. The van der Waals surface area contributed by atoms with Gasteiger partial charge >= 0.3 is 0 Å². The maximum Gasteiger partial charge on any atom is 0.191 e. The van der Waals surface area contributed by atoms with Crippen LogP contribution in [0.3, 0.4) is 0 Å². The first-order chi connectivity index (χ1) is 12.1. The quantitative estimate of drug-likeness (QED) is 0.576. The lowest BCUT2D eigenvalue weighted by molar-refractivity contribution is -0.168. The highest BCUT2D eigenvalue weighted by molar-refractivity contribution is 7.11. The van der Waals surface area contributed by atoms with E-state index < -0.39 is 0 Å². The van der Waals surface area contributed by atoms with Gasteiger partial charge in [-0.2, -0.15) is 0 Å². The average molecular weight is 365 g/mol. The molecule has 0 saturated heterocycles. The fourth-order valence-electron chi connectivity index (χ4n) is 4.04. The molecule has 140 valence electrons. The zero-order valence-electron chi connectivity index (χ0n) is 16.0. The van der Waals surface area contributed by atoms with Gasteiger partial charge < -0.3 is 15.4 Å². The number of guanidine groups is 1. The molecule has 6 heteroatoms. The number of hydrogen-bond donors (Lipinski definition) is 2. The van der Waals surface area contributed by atoms with E-state index in [1.807, 2.05) is 0 Å². The summed E-state index contributed by atoms with van der Waals surface area (Å²) in [7, 11) is 0. The van der Waals surface area contributed by atoms with Gasteiger partial charge in [0.15, 0.2) is 5.96 Å². The summed E-state index contributed by atoms with van der Waals surface area (Å²) >= 11 is 1.79. The third kappa shape index (κ3) is 3.85. The van der Waals surface area contributed by atoms with Crippen LogP contribution in [0.4, 0.5) is 0 Å². The van der Waals surface area contributed by atoms with Crippen molar-refractivity contribution < 1.29 is 4.74 Å². The Bertz CT molecular complexity index is 589. The van der Waals surface area contributed by atoms with Crippen molar-refractivity contribution >= 4 is 17.3 Å². The molecule has 1 spiro atoms. The largest absolute Gasteiger partial charge is 0.378 e. The van der Waals surface area contributed by atoms with E-state index in [4.69, 9.17) is 9.73 Å². The molecule has 2 aliphatic rings. The molecule has 2 N–H and O–H groups in total. The van der Waals surface area contributed by atoms with E-state index in [2.05, 4.69) is 43.3 Å². The van der Waals surface area contributed by atoms with Crippen LogP contribution in [0, 0.1) is 19.3 Å². The van der Waals surface area contributed by atoms with E-state index in [0.29, 0.717) is 17.6 Å². The van der Waals surface area contributed by atoms with Gasteiger partial charge in [0.1, 0.15) is 0 Å². The number of aromatic nitrogens is 1. The Kier molecular flexibility index (Phi) is 6.00. The molecular formula is C19H32N4OS. The first kappa shape index (κ1) is 18.6. The predicted octanol–water partition coefficient (Wildman–Crippen LogP) is 3.21. The summed E-state index contributed by atoms with van der Waals surface area (Å²) in [6.07, 6.45) is 6.35. The molecule has 2 unspecified atom stereocenters. The summed E-state index contributed by atoms with van der Waals surface area (Å²) in [5.74, 6) is 0.943. The second kappa shape index (κ2) is 8.04. The van der Waals surface area contributed by atoms with Gasteiger partial charge in [0, 0.05) is 42.5 Å². The monoisotopic (exact) mass is 364 g/mol. The SMILES string of the molecule is CCNC(=NCCc1nc(C)c(C)s1)NC1CC(OCC)C12CCC2. The van der Waals surface area contributed by atoms with Gasteiger partial charge in [0.25, 0.3) is 0 Å². The van der Waals surface area contributed by atoms with Crippen molar-refractivity contribution in [3.63, 3.8) is 0 Å². The number of rotatable bonds is 7. The zero-order valence-corrected chi connectivity index (χ0v) is 16.8. The lowest BCUT2D eigenvalue weighted by Crippen LogP contribution is -2.68. The topological polar surface area (TPSA) is 58.5 Å². The third-order valence-corrected chi connectivity index (χ3v) is 6.89. The lowest BCUT2D eigenvalue weighted by Gasteiger charge is -2.61. The second-order valence-electron chi connectivity index (χ2n) is 7.22. The Morgan fingerprint density at radius 1 is 1.36 bits per heavy atom. The van der Waals surface area contributed by atoms with Crippen molar-refractivity contribution in [2.45, 2.75) is 71.9 Å². The molecule has 5 nitrogen and oxygen atoms in total. The first-order valence-electron chi connectivity index (χ1n) is 9.68. The maximum atomic E-state index is 5.95. The van der Waals surface area contributed by atoms with Crippen molar-refractivity contribution in [1.29, 1.82) is 0 Å². The van der Waals surface area contributed by atoms with Gasteiger partial charge in [-0.25, -0.2) is 4.98 Å². The van der Waals surface area contributed by atoms with Gasteiger partial charge in [0.2, 0.25) is 0 Å². The summed E-state index contributed by atoms with van der Waals surface area (Å²) < 4.78 is 5.95. The van der Waals surface area contributed by atoms with Crippen LogP contribution in [0.25, 0.3) is 0 Å². The Morgan fingerprint density at radius 3 is 2.72 bits per heavy atom. The molecule has 25 heavy (non-hydrogen) atoms. The first-order valence-corrected chi connectivity index (χ1v) is 10.5. The van der Waals surface area contributed by atoms with E-state index in [0.717, 1.165) is 44.2 Å². The normalized spacial score (nSPS) is 24.7. The van der Waals surface area contributed by atoms with Crippen LogP contribution in [0.2, 0.25) is 0 Å². The minimum absolute atomic E-state index is 0.357. The van der Waals surface area contributed by atoms with E-state index in [1.54, 1.807) is 11.3 Å². The maximum absolute atomic E-state index is 5.95. The Labute approximate surface area is 155 Å². The molecule has 0 aliphatic heterocycles. The zero-order chi connectivity index (χ0) is 17.9. The molecular weight excluding hydrogens is 332 g/mol. The smallest absolute Gasteiger partial charge is 0.191 e. The van der Waals surface area contributed by atoms with E-state index in [9.17, 15) is 0 Å². The number of aryl methyl sites for hydroxylation is 2. The van der Waals surface area contributed by atoms with Gasteiger partial charge in [-0.15, -0.1) is 11.3 Å². The standard InChI is InChI=1S/C19H32N4OS/c1-5-20-18(21-11-8-17-22-13(3)14(4)25-17)23-15-12-16(24-6-2)19(15)9-7-10-19/h15-16H,5-12H2,1-4H3,(H2,20,21,23). The summed E-state index contributed by atoms with van der Waals surface area (Å²) in [6.45, 7) is 10.9. The fraction of sp³-hybridized carbons (Fsp3) is 0.789. The van der Waals surface area contributed by atoms with Crippen molar-refractivity contribution in [3.05, 3.63) is 15.6 Å². The average Bonchev–Trinajstić information content (AvgIpc) is 2.82. The number of thiazole rings is 1. The van der Waals surface area contributed by atoms with E-state index in [1.165, 1.54) is 29.1 Å². The van der Waals surface area contributed by atoms with Crippen molar-refractivity contribution in [1.82, 2.24) is 15.6 Å². The minimum atomic E-state index is 0.357. The molecule has 1 heterocycles. The van der Waals surface area contributed by atoms with E-state index >= 15 is 0 Å². The summed E-state index contributed by atoms with van der Waals surface area (Å²) in [5, 5.41) is 8.26. The molecule has 0 aromatic carbocycles. The molecule has 3 rings (SSSR count). The second-order valence-corrected chi connectivity index (χ2v) is 8.51. The van der Waals surface area contributed by atoms with Crippen molar-refractivity contribution in [2.24, 2.45) is 10.4 Å². The number of aliphatic imine (C=N–C) groups is 1. The molecule has 0 radical (unpaired) electrons. The highest BCUT2D eigenvalue weighted by atomic mass is 32.1. The lowest BCUT2D eigenvalue weighted by atomic mass is 9.51. The van der Waals surface area contributed by atoms with Crippen LogP contribution in [-0.4, -0.2) is 42.8 Å². The molecule has 0 bridgehead atoms. The highest BCUT2D eigenvalue weighted by Crippen LogP contribution is 2.57. The summed E-state index contributed by atoms with van der Waals surface area (Å²) in [5.41, 5.74) is 1.51. The highest BCUT2D eigenvalue weighted by Gasteiger charge is 2.59.